The van der Waals surface area contributed by atoms with E-state index in [4.69, 9.17) is 5.73 Å². The van der Waals surface area contributed by atoms with Crippen molar-refractivity contribution in [2.75, 3.05) is 5.75 Å². The van der Waals surface area contributed by atoms with Gasteiger partial charge >= 0.3 is 5.97 Å². The number of aliphatic carboxylic acids is 1. The van der Waals surface area contributed by atoms with Gasteiger partial charge in [-0.05, 0) is 29.2 Å². The zero-order valence-electron chi connectivity index (χ0n) is 13.9. The minimum Gasteiger partial charge on any atom is -0.477 e. The molecule has 0 saturated carbocycles. The fourth-order valence-electron chi connectivity index (χ4n) is 3.12. The first-order valence-corrected chi connectivity index (χ1v) is 9.87. The highest BCUT2D eigenvalue weighted by Gasteiger charge is 2.51. The molecule has 0 aromatic carbocycles. The maximum absolute atomic E-state index is 12.0. The van der Waals surface area contributed by atoms with E-state index in [0.717, 1.165) is 10.7 Å². The van der Waals surface area contributed by atoms with Crippen molar-refractivity contribution >= 4 is 41.0 Å². The molecule has 9 heteroatoms. The summed E-state index contributed by atoms with van der Waals surface area (Å²) < 4.78 is 4.08. The molecule has 4 heterocycles. The third kappa shape index (κ3) is 2.63. The highest BCUT2D eigenvalue weighted by Crippen LogP contribution is 2.40. The molecule has 2 aliphatic rings. The topological polar surface area (TPSA) is 91.9 Å². The lowest BCUT2D eigenvalue weighted by molar-refractivity contribution is -0.644. The Labute approximate surface area is 158 Å². The molecule has 2 aromatic heterocycles. The van der Waals surface area contributed by atoms with Gasteiger partial charge in [0.1, 0.15) is 29.5 Å². The van der Waals surface area contributed by atoms with E-state index in [1.54, 1.807) is 6.08 Å². The van der Waals surface area contributed by atoms with Gasteiger partial charge in [-0.1, -0.05) is 11.8 Å². The first-order chi connectivity index (χ1) is 12.5. The Morgan fingerprint density at radius 1 is 1.50 bits per heavy atom. The largest absolute Gasteiger partial charge is 0.477 e. The van der Waals surface area contributed by atoms with Crippen LogP contribution in [0.15, 0.2) is 58.4 Å². The number of fused-ring (bicyclic) bond motifs is 2. The summed E-state index contributed by atoms with van der Waals surface area (Å²) in [6.07, 6.45) is 5.73. The van der Waals surface area contributed by atoms with Crippen molar-refractivity contribution in [3.05, 3.63) is 53.3 Å². The number of allylic oxidation sites excluding steroid dienone is 1. The van der Waals surface area contributed by atoms with Gasteiger partial charge in [0.2, 0.25) is 5.91 Å². The number of carboxylic acid groups (broad SMARTS) is 1. The first kappa shape index (κ1) is 17.2. The number of carbonyl (C=O) groups excluding carboxylic acids is 1. The molecule has 134 valence electrons. The van der Waals surface area contributed by atoms with E-state index < -0.39 is 12.0 Å². The van der Waals surface area contributed by atoms with Crippen LogP contribution in [-0.2, 0) is 16.6 Å². The average Bonchev–Trinajstić information content (AvgIpc) is 3.02. The maximum atomic E-state index is 12.0. The Hall–Kier alpha value is -2.23. The van der Waals surface area contributed by atoms with Gasteiger partial charge in [0.25, 0.3) is 5.65 Å². The highest BCUT2D eigenvalue weighted by atomic mass is 32.2. The van der Waals surface area contributed by atoms with E-state index in [1.165, 1.54) is 28.4 Å². The van der Waals surface area contributed by atoms with Crippen molar-refractivity contribution in [1.82, 2.24) is 9.30 Å². The van der Waals surface area contributed by atoms with Crippen molar-refractivity contribution < 1.29 is 19.3 Å². The fourth-order valence-corrected chi connectivity index (χ4v) is 5.18. The number of hydrogen-bond acceptors (Lipinski definition) is 5. The number of carbonyl (C=O) groups is 2. The van der Waals surface area contributed by atoms with Gasteiger partial charge in [-0.15, -0.1) is 11.8 Å². The van der Waals surface area contributed by atoms with Crippen LogP contribution in [0.5, 0.6) is 0 Å². The summed E-state index contributed by atoms with van der Waals surface area (Å²) in [6, 6.07) is 5.39. The van der Waals surface area contributed by atoms with Crippen LogP contribution < -0.4 is 10.3 Å². The molecule has 1 amide bonds. The molecule has 7 nitrogen and oxygen atoms in total. The van der Waals surface area contributed by atoms with E-state index in [-0.39, 0.29) is 17.0 Å². The van der Waals surface area contributed by atoms with Crippen LogP contribution in [0.25, 0.3) is 5.65 Å². The number of carboxylic acids is 1. The predicted molar refractivity (Wildman–Crippen MR) is 99.3 cm³/mol. The van der Waals surface area contributed by atoms with Crippen LogP contribution in [0.2, 0.25) is 0 Å². The second kappa shape index (κ2) is 6.49. The molecule has 0 bridgehead atoms. The van der Waals surface area contributed by atoms with Crippen molar-refractivity contribution in [3.63, 3.8) is 0 Å². The Morgan fingerprint density at radius 3 is 3.08 bits per heavy atom. The Kier molecular flexibility index (Phi) is 4.29. The highest BCUT2D eigenvalue weighted by molar-refractivity contribution is 8.02. The van der Waals surface area contributed by atoms with Gasteiger partial charge in [-0.25, -0.2) is 9.36 Å². The number of imidazole rings is 1. The predicted octanol–water partition coefficient (Wildman–Crippen LogP) is 0.951. The molecule has 1 saturated heterocycles. The monoisotopic (exact) mass is 389 g/mol. The van der Waals surface area contributed by atoms with Crippen LogP contribution in [0, 0.1) is 0 Å². The minimum absolute atomic E-state index is 0.0443. The number of amides is 1. The van der Waals surface area contributed by atoms with Gasteiger partial charge in [0.05, 0.1) is 7.05 Å². The summed E-state index contributed by atoms with van der Waals surface area (Å²) in [5.74, 6) is -0.911. The van der Waals surface area contributed by atoms with Crippen LogP contribution in [0.3, 0.4) is 0 Å². The number of rotatable bonds is 4. The normalized spacial score (nSPS) is 22.8. The summed E-state index contributed by atoms with van der Waals surface area (Å²) in [7, 11) is 1.98. The summed E-state index contributed by atoms with van der Waals surface area (Å²) in [5.41, 5.74) is 7.49. The van der Waals surface area contributed by atoms with Crippen LogP contribution in [-0.4, -0.2) is 43.5 Å². The van der Waals surface area contributed by atoms with Crippen molar-refractivity contribution in [2.45, 2.75) is 16.4 Å². The van der Waals surface area contributed by atoms with E-state index >= 15 is 0 Å². The SMILES string of the molecule is C[n+]1ccn2c(S/C=C/C3=C(C(=O)O)N4C(=O)[C@@H](N)[C@@H]4SC3)cccc21. The lowest BCUT2D eigenvalue weighted by Gasteiger charge is -2.47. The molecule has 0 aliphatic carbocycles. The van der Waals surface area contributed by atoms with Crippen molar-refractivity contribution in [1.29, 1.82) is 0 Å². The molecular weight excluding hydrogens is 372 g/mol. The molecule has 2 aromatic rings. The quantitative estimate of drug-likeness (QED) is 0.460. The van der Waals surface area contributed by atoms with Crippen molar-refractivity contribution in [2.24, 2.45) is 12.8 Å². The molecule has 0 unspecified atom stereocenters. The zero-order valence-corrected chi connectivity index (χ0v) is 15.5. The summed E-state index contributed by atoms with van der Waals surface area (Å²) >= 11 is 2.99. The molecular formula is C17H17N4O3S2+. The standard InChI is InChI=1S/C17H16N4O3S2/c1-19-6-7-20-11(19)3-2-4-12(20)25-8-5-10-9-26-16-13(18)15(22)21(16)14(10)17(23)24/h2-8,13,16H,9,18H2,1H3/p+1/b8-5+/t13-,16+/m1/s1. The van der Waals surface area contributed by atoms with E-state index in [9.17, 15) is 14.7 Å². The number of nitrogens with zero attached hydrogens (tertiary/aromatic N) is 3. The third-order valence-electron chi connectivity index (χ3n) is 4.47. The van der Waals surface area contributed by atoms with E-state index in [1.807, 2.05) is 47.6 Å². The Morgan fingerprint density at radius 2 is 2.31 bits per heavy atom. The average molecular weight is 389 g/mol. The molecule has 26 heavy (non-hydrogen) atoms. The third-order valence-corrected chi connectivity index (χ3v) is 6.64. The van der Waals surface area contributed by atoms with Gasteiger partial charge in [0.15, 0.2) is 5.03 Å². The summed E-state index contributed by atoms with van der Waals surface area (Å²) in [4.78, 5) is 24.9. The van der Waals surface area contributed by atoms with Crippen LogP contribution in [0.4, 0.5) is 0 Å². The molecule has 0 spiro atoms. The zero-order chi connectivity index (χ0) is 18.4. The van der Waals surface area contributed by atoms with E-state index in [0.29, 0.717) is 11.3 Å². The Bertz CT molecular complexity index is 982. The van der Waals surface area contributed by atoms with Crippen molar-refractivity contribution in [3.8, 4) is 0 Å². The molecule has 2 atom stereocenters. The smallest absolute Gasteiger partial charge is 0.352 e. The number of hydrogen-bond donors (Lipinski definition) is 2. The van der Waals surface area contributed by atoms with Crippen LogP contribution >= 0.6 is 23.5 Å². The Balaban J connectivity index is 1.61. The number of β-lactam (4-membered cyclic amide) rings is 1. The second-order valence-electron chi connectivity index (χ2n) is 6.04. The molecule has 4 rings (SSSR count). The van der Waals surface area contributed by atoms with Gasteiger partial charge in [-0.3, -0.25) is 9.69 Å². The second-order valence-corrected chi connectivity index (χ2v) is 8.07. The summed E-state index contributed by atoms with van der Waals surface area (Å²) in [6.45, 7) is 0. The van der Waals surface area contributed by atoms with Gasteiger partial charge in [-0.2, -0.15) is 4.40 Å². The maximum Gasteiger partial charge on any atom is 0.352 e. The number of aromatic nitrogens is 2. The fraction of sp³-hybridized carbons (Fsp3) is 0.235. The molecule has 0 radical (unpaired) electrons. The molecule has 3 N–H and O–H groups in total. The van der Waals surface area contributed by atoms with Gasteiger partial charge < -0.3 is 10.8 Å². The number of aryl methyl sites for hydroxylation is 1. The summed E-state index contributed by atoms with van der Waals surface area (Å²) in [5, 5.41) is 12.1. The number of thioether (sulfide) groups is 2. The molecule has 2 aliphatic heterocycles. The molecule has 1 fully saturated rings. The lowest BCUT2D eigenvalue weighted by atomic mass is 10.0. The van der Waals surface area contributed by atoms with Gasteiger partial charge in [0, 0.05) is 11.8 Å². The first-order valence-electron chi connectivity index (χ1n) is 7.94. The number of pyridine rings is 1. The lowest BCUT2D eigenvalue weighted by Crippen LogP contribution is -2.68. The number of nitrogens with two attached hydrogens (primary N) is 1. The minimum atomic E-state index is -1.10. The van der Waals surface area contributed by atoms with E-state index in [2.05, 4.69) is 4.40 Å². The van der Waals surface area contributed by atoms with Crippen LogP contribution in [0.1, 0.15) is 0 Å².